The van der Waals surface area contributed by atoms with Crippen LogP contribution in [0.2, 0.25) is 0 Å². The summed E-state index contributed by atoms with van der Waals surface area (Å²) in [7, 11) is 4.65. The van der Waals surface area contributed by atoms with E-state index in [1.165, 1.54) is 5.56 Å². The third kappa shape index (κ3) is 8.89. The van der Waals surface area contributed by atoms with Crippen LogP contribution >= 0.6 is 0 Å². The lowest BCUT2D eigenvalue weighted by atomic mass is 9.83. The second-order valence-corrected chi connectivity index (χ2v) is 10.1. The number of hydrogen-bond donors (Lipinski definition) is 0. The van der Waals surface area contributed by atoms with Crippen LogP contribution in [0.25, 0.3) is 0 Å². The Balaban J connectivity index is 2.09. The fourth-order valence-electron chi connectivity index (χ4n) is 4.71. The van der Waals surface area contributed by atoms with Crippen LogP contribution in [-0.2, 0) is 11.3 Å². The minimum atomic E-state index is -0.152. The van der Waals surface area contributed by atoms with Crippen molar-refractivity contribution in [3.05, 3.63) is 66.2 Å². The maximum atomic E-state index is 6.71. The standard InChI is InChI=1S/C27H42NO2/c1-23(2)19-27(20-24(3)4,30-18-17-29-26-15-11-8-12-16-26)22-28(5,6)21-25-13-9-7-10-14-25/h7-16,23-24H,17-22H2,1-6H3/q+1. The number of likely N-dealkylation sites (N-methyl/N-ethyl adjacent to an activating group) is 1. The lowest BCUT2D eigenvalue weighted by molar-refractivity contribution is -0.910. The van der Waals surface area contributed by atoms with Gasteiger partial charge in [0.05, 0.1) is 20.7 Å². The summed E-state index contributed by atoms with van der Waals surface area (Å²) in [5.41, 5.74) is 1.22. The third-order valence-corrected chi connectivity index (χ3v) is 5.23. The molecule has 0 saturated heterocycles. The third-order valence-electron chi connectivity index (χ3n) is 5.23. The Hall–Kier alpha value is -1.84. The van der Waals surface area contributed by atoms with Gasteiger partial charge >= 0.3 is 0 Å². The van der Waals surface area contributed by atoms with Gasteiger partial charge in [-0.05, 0) is 36.8 Å². The molecule has 166 valence electrons. The summed E-state index contributed by atoms with van der Waals surface area (Å²) in [6.45, 7) is 12.4. The van der Waals surface area contributed by atoms with Crippen molar-refractivity contribution in [3.63, 3.8) is 0 Å². The zero-order valence-corrected chi connectivity index (χ0v) is 19.9. The predicted molar refractivity (Wildman–Crippen MR) is 127 cm³/mol. The van der Waals surface area contributed by atoms with Gasteiger partial charge < -0.3 is 14.0 Å². The molecular formula is C27H42NO2+. The van der Waals surface area contributed by atoms with E-state index in [0.717, 1.165) is 36.2 Å². The number of rotatable bonds is 13. The number of hydrogen-bond acceptors (Lipinski definition) is 2. The molecule has 0 fully saturated rings. The van der Waals surface area contributed by atoms with Crippen LogP contribution < -0.4 is 4.74 Å². The Kier molecular flexibility index (Phi) is 9.38. The van der Waals surface area contributed by atoms with Gasteiger partial charge in [0.15, 0.2) is 0 Å². The van der Waals surface area contributed by atoms with Crippen molar-refractivity contribution in [1.82, 2.24) is 0 Å². The summed E-state index contributed by atoms with van der Waals surface area (Å²) in [6, 6.07) is 20.8. The monoisotopic (exact) mass is 412 g/mol. The van der Waals surface area contributed by atoms with Crippen molar-refractivity contribution in [2.24, 2.45) is 11.8 Å². The van der Waals surface area contributed by atoms with Crippen LogP contribution in [0, 0.1) is 11.8 Å². The van der Waals surface area contributed by atoms with Gasteiger partial charge in [0, 0.05) is 5.56 Å². The summed E-state index contributed by atoms with van der Waals surface area (Å²) in [4.78, 5) is 0. The molecule has 2 aromatic rings. The largest absolute Gasteiger partial charge is 0.491 e. The van der Waals surface area contributed by atoms with Crippen LogP contribution in [0.1, 0.15) is 46.1 Å². The Bertz CT molecular complexity index is 700. The Morgan fingerprint density at radius 1 is 0.767 bits per heavy atom. The van der Waals surface area contributed by atoms with Crippen LogP contribution in [-0.4, -0.2) is 43.9 Å². The summed E-state index contributed by atoms with van der Waals surface area (Å²) >= 11 is 0. The minimum Gasteiger partial charge on any atom is -0.491 e. The summed E-state index contributed by atoms with van der Waals surface area (Å²) in [6.07, 6.45) is 2.12. The van der Waals surface area contributed by atoms with Crippen LogP contribution in [0.3, 0.4) is 0 Å². The highest BCUT2D eigenvalue weighted by atomic mass is 16.5. The van der Waals surface area contributed by atoms with E-state index in [1.54, 1.807) is 0 Å². The molecule has 0 heterocycles. The topological polar surface area (TPSA) is 18.5 Å². The molecule has 0 bridgehead atoms. The van der Waals surface area contributed by atoms with Crippen molar-refractivity contribution in [1.29, 1.82) is 0 Å². The van der Waals surface area contributed by atoms with E-state index >= 15 is 0 Å². The van der Waals surface area contributed by atoms with E-state index in [9.17, 15) is 0 Å². The molecule has 0 saturated carbocycles. The molecule has 3 heteroatoms. The molecule has 0 N–H and O–H groups in total. The maximum Gasteiger partial charge on any atom is 0.119 e. The van der Waals surface area contributed by atoms with E-state index in [1.807, 2.05) is 30.3 Å². The molecule has 3 nitrogen and oxygen atoms in total. The van der Waals surface area contributed by atoms with Gasteiger partial charge in [-0.3, -0.25) is 0 Å². The smallest absolute Gasteiger partial charge is 0.119 e. The Labute approximate surface area is 184 Å². The molecule has 0 unspecified atom stereocenters. The van der Waals surface area contributed by atoms with Crippen molar-refractivity contribution in [3.8, 4) is 5.75 Å². The predicted octanol–water partition coefficient (Wildman–Crippen LogP) is 6.19. The quantitative estimate of drug-likeness (QED) is 0.288. The zero-order valence-electron chi connectivity index (χ0n) is 19.9. The van der Waals surface area contributed by atoms with Gasteiger partial charge in [0.1, 0.15) is 31.0 Å². The minimum absolute atomic E-state index is 0.152. The molecule has 0 aliphatic heterocycles. The van der Waals surface area contributed by atoms with E-state index in [4.69, 9.17) is 9.47 Å². The van der Waals surface area contributed by atoms with E-state index in [0.29, 0.717) is 25.0 Å². The molecule has 2 rings (SSSR count). The lowest BCUT2D eigenvalue weighted by Gasteiger charge is -2.43. The molecular weight excluding hydrogens is 370 g/mol. The van der Waals surface area contributed by atoms with Gasteiger partial charge in [-0.2, -0.15) is 0 Å². The number of nitrogens with zero attached hydrogens (tertiary/aromatic N) is 1. The molecule has 0 aromatic heterocycles. The number of quaternary nitrogens is 1. The van der Waals surface area contributed by atoms with E-state index in [2.05, 4.69) is 72.1 Å². The number of ether oxygens (including phenoxy) is 2. The number of para-hydroxylation sites is 1. The van der Waals surface area contributed by atoms with E-state index in [-0.39, 0.29) is 5.60 Å². The van der Waals surface area contributed by atoms with Crippen LogP contribution in [0.4, 0.5) is 0 Å². The SMILES string of the molecule is CC(C)CC(CC(C)C)(C[N+](C)(C)Cc1ccccc1)OCCOc1ccccc1. The second-order valence-electron chi connectivity index (χ2n) is 10.1. The molecule has 0 spiro atoms. The molecule has 30 heavy (non-hydrogen) atoms. The fraction of sp³-hybridized carbons (Fsp3) is 0.556. The van der Waals surface area contributed by atoms with Gasteiger partial charge in [-0.15, -0.1) is 0 Å². The first-order valence-electron chi connectivity index (χ1n) is 11.4. The highest BCUT2D eigenvalue weighted by molar-refractivity contribution is 5.20. The van der Waals surface area contributed by atoms with Crippen molar-refractivity contribution in [2.75, 3.05) is 33.9 Å². The molecule has 0 amide bonds. The van der Waals surface area contributed by atoms with Gasteiger partial charge in [0.2, 0.25) is 0 Å². The molecule has 0 radical (unpaired) electrons. The van der Waals surface area contributed by atoms with Gasteiger partial charge in [0.25, 0.3) is 0 Å². The van der Waals surface area contributed by atoms with Crippen molar-refractivity contribution < 1.29 is 14.0 Å². The van der Waals surface area contributed by atoms with E-state index < -0.39 is 0 Å². The average Bonchev–Trinajstić information content (AvgIpc) is 2.65. The lowest BCUT2D eigenvalue weighted by Crippen LogP contribution is -2.54. The average molecular weight is 413 g/mol. The Morgan fingerprint density at radius 2 is 1.30 bits per heavy atom. The number of benzene rings is 2. The van der Waals surface area contributed by atoms with Crippen molar-refractivity contribution in [2.45, 2.75) is 52.7 Å². The molecule has 0 aliphatic carbocycles. The highest BCUT2D eigenvalue weighted by Crippen LogP contribution is 2.32. The molecule has 0 atom stereocenters. The fourth-order valence-corrected chi connectivity index (χ4v) is 4.71. The van der Waals surface area contributed by atoms with Crippen LogP contribution in [0.5, 0.6) is 5.75 Å². The van der Waals surface area contributed by atoms with Crippen LogP contribution in [0.15, 0.2) is 60.7 Å². The summed E-state index contributed by atoms with van der Waals surface area (Å²) in [5.74, 6) is 2.06. The first-order chi connectivity index (χ1) is 14.2. The molecule has 2 aromatic carbocycles. The normalized spacial score (nSPS) is 12.5. The molecule has 0 aliphatic rings. The van der Waals surface area contributed by atoms with Crippen molar-refractivity contribution >= 4 is 0 Å². The van der Waals surface area contributed by atoms with Gasteiger partial charge in [-0.1, -0.05) is 76.2 Å². The highest BCUT2D eigenvalue weighted by Gasteiger charge is 2.39. The van der Waals surface area contributed by atoms with Gasteiger partial charge in [-0.25, -0.2) is 0 Å². The first kappa shape index (κ1) is 24.4. The zero-order chi connectivity index (χ0) is 22.0. The Morgan fingerprint density at radius 3 is 1.83 bits per heavy atom. The first-order valence-corrected chi connectivity index (χ1v) is 11.4. The summed E-state index contributed by atoms with van der Waals surface area (Å²) in [5, 5.41) is 0. The maximum absolute atomic E-state index is 6.71. The second kappa shape index (κ2) is 11.5. The summed E-state index contributed by atoms with van der Waals surface area (Å²) < 4.78 is 13.5.